The molecule has 0 unspecified atom stereocenters. The summed E-state index contributed by atoms with van der Waals surface area (Å²) in [6, 6.07) is 23.8. The third-order valence-corrected chi connectivity index (χ3v) is 7.13. The smallest absolute Gasteiger partial charge is 0.123 e. The van der Waals surface area contributed by atoms with Crippen LogP contribution in [-0.4, -0.2) is 66.4 Å². The van der Waals surface area contributed by atoms with E-state index in [-0.39, 0.29) is 24.4 Å². The molecule has 0 aromatic heterocycles. The van der Waals surface area contributed by atoms with Crippen LogP contribution in [0.1, 0.15) is 23.6 Å². The molecule has 3 aromatic rings. The molecule has 2 atom stereocenters. The molecule has 0 radical (unpaired) electrons. The van der Waals surface area contributed by atoms with Gasteiger partial charge in [-0.05, 0) is 61.0 Å². The first-order valence-electron chi connectivity index (χ1n) is 13.3. The number of nitrogens with zero attached hydrogens (tertiary/aromatic N) is 3. The van der Waals surface area contributed by atoms with Gasteiger partial charge in [0.15, 0.2) is 0 Å². The van der Waals surface area contributed by atoms with Crippen LogP contribution in [0.2, 0.25) is 0 Å². The molecule has 0 aliphatic carbocycles. The van der Waals surface area contributed by atoms with Gasteiger partial charge in [-0.1, -0.05) is 72.8 Å². The third kappa shape index (κ3) is 7.59. The van der Waals surface area contributed by atoms with Crippen LogP contribution >= 0.6 is 0 Å². The zero-order valence-corrected chi connectivity index (χ0v) is 22.8. The minimum absolute atomic E-state index is 0.00566. The maximum absolute atomic E-state index is 13.5. The molecule has 1 aliphatic heterocycles. The van der Waals surface area contributed by atoms with E-state index < -0.39 is 0 Å². The van der Waals surface area contributed by atoms with Gasteiger partial charge in [-0.15, -0.1) is 0 Å². The van der Waals surface area contributed by atoms with Gasteiger partial charge < -0.3 is 10.0 Å². The highest BCUT2D eigenvalue weighted by atomic mass is 19.1. The van der Waals surface area contributed by atoms with Gasteiger partial charge in [-0.3, -0.25) is 9.74 Å². The first-order valence-corrected chi connectivity index (χ1v) is 13.3. The van der Waals surface area contributed by atoms with Gasteiger partial charge >= 0.3 is 0 Å². The van der Waals surface area contributed by atoms with E-state index in [1.54, 1.807) is 0 Å². The zero-order chi connectivity index (χ0) is 27.1. The van der Waals surface area contributed by atoms with E-state index in [0.29, 0.717) is 6.54 Å². The molecule has 38 heavy (non-hydrogen) atoms. The Balaban J connectivity index is 1.49. The van der Waals surface area contributed by atoms with Crippen LogP contribution in [0.3, 0.4) is 0 Å². The highest BCUT2D eigenvalue weighted by molar-refractivity contribution is 5.67. The van der Waals surface area contributed by atoms with Crippen LogP contribution in [-0.2, 0) is 24.5 Å². The Bertz CT molecular complexity index is 1200. The molecule has 0 saturated carbocycles. The molecule has 1 saturated heterocycles. The van der Waals surface area contributed by atoms with Crippen LogP contribution in [0.5, 0.6) is 0 Å². The third-order valence-electron chi connectivity index (χ3n) is 7.13. The molecule has 1 heterocycles. The molecule has 202 valence electrons. The molecule has 0 spiro atoms. The molecule has 1 N–H and O–H groups in total. The Morgan fingerprint density at radius 3 is 2.42 bits per heavy atom. The monoisotopic (exact) mass is 517 g/mol. The summed E-state index contributed by atoms with van der Waals surface area (Å²) in [6.45, 7) is 10.9. The predicted octanol–water partition coefficient (Wildman–Crippen LogP) is 5.36. The summed E-state index contributed by atoms with van der Waals surface area (Å²) in [7, 11) is 4.19. The number of aliphatic hydroxyl groups excluding tert-OH is 1. The summed E-state index contributed by atoms with van der Waals surface area (Å²) in [6.07, 6.45) is -0.224. The van der Waals surface area contributed by atoms with Crippen molar-refractivity contribution in [3.8, 4) is 11.1 Å². The van der Waals surface area contributed by atoms with Crippen molar-refractivity contribution < 1.29 is 14.3 Å². The Labute approximate surface area is 226 Å². The lowest BCUT2D eigenvalue weighted by Gasteiger charge is -2.26. The standard InChI is InChI=1S/C32H40FN3O2/c1-24(2)31-22-36(38-32(31)23-37)20-26-9-7-8-25(18-26)19-35(17-16-34(3)4)21-28-10-5-6-11-30(28)27-12-14-29(33)15-13-27/h5-15,18,31-32,37H,1,16-17,19-23H2,2-4H3/t31-,32+/m1/s1. The number of aliphatic hydroxyl groups is 1. The Hall–Kier alpha value is -2.87. The van der Waals surface area contributed by atoms with Crippen LogP contribution in [0.4, 0.5) is 4.39 Å². The summed E-state index contributed by atoms with van der Waals surface area (Å²) in [5.41, 5.74) is 6.85. The Morgan fingerprint density at radius 1 is 1.00 bits per heavy atom. The van der Waals surface area contributed by atoms with Gasteiger partial charge in [0.05, 0.1) is 6.61 Å². The maximum atomic E-state index is 13.5. The lowest BCUT2D eigenvalue weighted by molar-refractivity contribution is -0.162. The minimum atomic E-state index is -0.224. The lowest BCUT2D eigenvalue weighted by atomic mass is 9.97. The maximum Gasteiger partial charge on any atom is 0.123 e. The molecule has 0 bridgehead atoms. The first kappa shape index (κ1) is 28.1. The summed E-state index contributed by atoms with van der Waals surface area (Å²) in [5, 5.41) is 11.7. The lowest BCUT2D eigenvalue weighted by Crippen LogP contribution is -2.31. The van der Waals surface area contributed by atoms with E-state index >= 15 is 0 Å². The van der Waals surface area contributed by atoms with E-state index in [1.807, 2.05) is 30.2 Å². The second-order valence-electron chi connectivity index (χ2n) is 10.6. The molecule has 1 aliphatic rings. The summed E-state index contributed by atoms with van der Waals surface area (Å²) < 4.78 is 13.5. The molecule has 5 nitrogen and oxygen atoms in total. The van der Waals surface area contributed by atoms with Gasteiger partial charge in [0.1, 0.15) is 11.9 Å². The number of rotatable bonds is 12. The van der Waals surface area contributed by atoms with E-state index in [4.69, 9.17) is 4.84 Å². The van der Waals surface area contributed by atoms with Crippen molar-refractivity contribution in [3.63, 3.8) is 0 Å². The molecular weight excluding hydrogens is 477 g/mol. The summed E-state index contributed by atoms with van der Waals surface area (Å²) in [4.78, 5) is 10.7. The molecule has 6 heteroatoms. The van der Waals surface area contributed by atoms with Crippen LogP contribution in [0.15, 0.2) is 84.9 Å². The fourth-order valence-electron chi connectivity index (χ4n) is 5.03. The second kappa shape index (κ2) is 13.3. The van der Waals surface area contributed by atoms with Crippen molar-refractivity contribution in [3.05, 3.63) is 107 Å². The predicted molar refractivity (Wildman–Crippen MR) is 152 cm³/mol. The number of likely N-dealkylation sites (N-methyl/N-ethyl adjacent to an activating group) is 1. The second-order valence-corrected chi connectivity index (χ2v) is 10.6. The number of benzene rings is 3. The average Bonchev–Trinajstić information content (AvgIpc) is 3.31. The van der Waals surface area contributed by atoms with E-state index in [1.165, 1.54) is 28.8 Å². The number of hydrogen-bond donors (Lipinski definition) is 1. The van der Waals surface area contributed by atoms with Gasteiger partial charge in [-0.25, -0.2) is 4.39 Å². The highest BCUT2D eigenvalue weighted by Gasteiger charge is 2.34. The molecule has 4 rings (SSSR count). The topological polar surface area (TPSA) is 39.2 Å². The van der Waals surface area contributed by atoms with Crippen LogP contribution in [0.25, 0.3) is 11.1 Å². The number of hydrogen-bond acceptors (Lipinski definition) is 5. The highest BCUT2D eigenvalue weighted by Crippen LogP contribution is 2.28. The molecule has 0 amide bonds. The van der Waals surface area contributed by atoms with Crippen LogP contribution < -0.4 is 0 Å². The average molecular weight is 518 g/mol. The van der Waals surface area contributed by atoms with Crippen molar-refractivity contribution in [2.75, 3.05) is 40.3 Å². The van der Waals surface area contributed by atoms with Crippen molar-refractivity contribution in [1.29, 1.82) is 0 Å². The van der Waals surface area contributed by atoms with Crippen LogP contribution in [0, 0.1) is 11.7 Å². The largest absolute Gasteiger partial charge is 0.394 e. The van der Waals surface area contributed by atoms with Gasteiger partial charge in [0, 0.05) is 45.2 Å². The Morgan fingerprint density at radius 2 is 1.74 bits per heavy atom. The summed E-state index contributed by atoms with van der Waals surface area (Å²) >= 11 is 0. The molecule has 1 fully saturated rings. The molecule has 3 aromatic carbocycles. The van der Waals surface area contributed by atoms with Gasteiger partial charge in [0.2, 0.25) is 0 Å². The van der Waals surface area contributed by atoms with Crippen molar-refractivity contribution in [2.45, 2.75) is 32.7 Å². The van der Waals surface area contributed by atoms with Crippen molar-refractivity contribution in [2.24, 2.45) is 5.92 Å². The van der Waals surface area contributed by atoms with Gasteiger partial charge in [-0.2, -0.15) is 5.06 Å². The van der Waals surface area contributed by atoms with Crippen molar-refractivity contribution >= 4 is 0 Å². The summed E-state index contributed by atoms with van der Waals surface area (Å²) in [5.74, 6) is -0.0778. The SMILES string of the molecule is C=C(C)[C@H]1CN(Cc2cccc(CN(CCN(C)C)Cc3ccccc3-c3ccc(F)cc3)c2)O[C@H]1CO. The normalized spacial score (nSPS) is 18.0. The van der Waals surface area contributed by atoms with E-state index in [2.05, 4.69) is 72.9 Å². The minimum Gasteiger partial charge on any atom is -0.394 e. The zero-order valence-electron chi connectivity index (χ0n) is 22.8. The number of halogens is 1. The first-order chi connectivity index (χ1) is 18.3. The quantitative estimate of drug-likeness (QED) is 0.328. The fourth-order valence-corrected chi connectivity index (χ4v) is 5.03. The van der Waals surface area contributed by atoms with E-state index in [9.17, 15) is 9.50 Å². The Kier molecular flexibility index (Phi) is 9.83. The molecular formula is C32H40FN3O2. The number of hydroxylamine groups is 2. The van der Waals surface area contributed by atoms with Gasteiger partial charge in [0.25, 0.3) is 0 Å². The fraction of sp³-hybridized carbons (Fsp3) is 0.375. The van der Waals surface area contributed by atoms with Crippen molar-refractivity contribution in [1.82, 2.24) is 14.9 Å². The van der Waals surface area contributed by atoms with E-state index in [0.717, 1.165) is 49.4 Å².